The lowest BCUT2D eigenvalue weighted by molar-refractivity contribution is -0.384. The van der Waals surface area contributed by atoms with Crippen LogP contribution in [0.3, 0.4) is 0 Å². The van der Waals surface area contributed by atoms with Crippen molar-refractivity contribution in [3.63, 3.8) is 0 Å². The van der Waals surface area contributed by atoms with E-state index in [1.54, 1.807) is 11.3 Å². The van der Waals surface area contributed by atoms with Crippen molar-refractivity contribution in [1.82, 2.24) is 5.32 Å². The van der Waals surface area contributed by atoms with E-state index in [1.807, 2.05) is 23.8 Å². The third-order valence-corrected chi connectivity index (χ3v) is 3.80. The van der Waals surface area contributed by atoms with Crippen molar-refractivity contribution in [2.45, 2.75) is 13.0 Å². The van der Waals surface area contributed by atoms with Crippen LogP contribution < -0.4 is 10.6 Å². The average Bonchev–Trinajstić information content (AvgIpc) is 3.00. The molecule has 0 fully saturated rings. The van der Waals surface area contributed by atoms with Crippen molar-refractivity contribution in [3.8, 4) is 0 Å². The molecular weight excluding hydrogens is 290 g/mol. The summed E-state index contributed by atoms with van der Waals surface area (Å²) in [5.41, 5.74) is 1.70. The number of rotatable bonds is 5. The minimum absolute atomic E-state index is 0.0512. The van der Waals surface area contributed by atoms with E-state index in [0.29, 0.717) is 11.3 Å². The molecule has 2 N–H and O–H groups in total. The van der Waals surface area contributed by atoms with Gasteiger partial charge in [-0.05, 0) is 41.4 Å². The van der Waals surface area contributed by atoms with Gasteiger partial charge in [-0.1, -0.05) is 0 Å². The fourth-order valence-corrected chi connectivity index (χ4v) is 2.69. The van der Waals surface area contributed by atoms with Crippen LogP contribution >= 0.6 is 11.3 Å². The van der Waals surface area contributed by atoms with Crippen molar-refractivity contribution in [3.05, 3.63) is 56.3 Å². The SMILES string of the molecule is CNC(=O)c1ccc([N+](=O)[O-])c(NC(C)c2ccsc2)c1. The maximum Gasteiger partial charge on any atom is 0.292 e. The molecule has 0 saturated heterocycles. The van der Waals surface area contributed by atoms with E-state index < -0.39 is 4.92 Å². The number of nitro groups is 1. The van der Waals surface area contributed by atoms with E-state index in [-0.39, 0.29) is 17.6 Å². The molecule has 0 aliphatic carbocycles. The van der Waals surface area contributed by atoms with Gasteiger partial charge in [-0.3, -0.25) is 14.9 Å². The average molecular weight is 305 g/mol. The lowest BCUT2D eigenvalue weighted by atomic mass is 10.1. The fourth-order valence-electron chi connectivity index (χ4n) is 1.93. The Bertz CT molecular complexity index is 655. The second kappa shape index (κ2) is 6.36. The molecule has 2 aromatic rings. The number of nitro benzene ring substituents is 1. The molecule has 7 heteroatoms. The van der Waals surface area contributed by atoms with Gasteiger partial charge in [0.05, 0.1) is 4.92 Å². The molecule has 1 aromatic carbocycles. The largest absolute Gasteiger partial charge is 0.373 e. The van der Waals surface area contributed by atoms with Crippen molar-refractivity contribution in [2.24, 2.45) is 0 Å². The summed E-state index contributed by atoms with van der Waals surface area (Å²) in [4.78, 5) is 22.3. The minimum Gasteiger partial charge on any atom is -0.373 e. The summed E-state index contributed by atoms with van der Waals surface area (Å²) >= 11 is 1.56. The van der Waals surface area contributed by atoms with E-state index in [1.165, 1.54) is 25.2 Å². The zero-order valence-electron chi connectivity index (χ0n) is 11.6. The van der Waals surface area contributed by atoms with Crippen LogP contribution in [0.15, 0.2) is 35.0 Å². The molecule has 0 spiro atoms. The topological polar surface area (TPSA) is 84.3 Å². The highest BCUT2D eigenvalue weighted by molar-refractivity contribution is 7.08. The van der Waals surface area contributed by atoms with Crippen molar-refractivity contribution >= 4 is 28.6 Å². The summed E-state index contributed by atoms with van der Waals surface area (Å²) in [5.74, 6) is -0.281. The van der Waals surface area contributed by atoms with Crippen LogP contribution in [0.5, 0.6) is 0 Å². The first-order chi connectivity index (χ1) is 10.0. The first kappa shape index (κ1) is 15.0. The number of benzene rings is 1. The van der Waals surface area contributed by atoms with Crippen LogP contribution in [0, 0.1) is 10.1 Å². The highest BCUT2D eigenvalue weighted by atomic mass is 32.1. The van der Waals surface area contributed by atoms with Crippen LogP contribution in [0.1, 0.15) is 28.9 Å². The second-order valence-corrected chi connectivity index (χ2v) is 5.27. The van der Waals surface area contributed by atoms with Crippen molar-refractivity contribution in [2.75, 3.05) is 12.4 Å². The summed E-state index contributed by atoms with van der Waals surface area (Å²) in [6.45, 7) is 1.92. The van der Waals surface area contributed by atoms with E-state index in [0.717, 1.165) is 5.56 Å². The highest BCUT2D eigenvalue weighted by Crippen LogP contribution is 2.29. The molecule has 0 aliphatic heterocycles. The molecule has 0 radical (unpaired) electrons. The van der Waals surface area contributed by atoms with Crippen LogP contribution in [0.4, 0.5) is 11.4 Å². The summed E-state index contributed by atoms with van der Waals surface area (Å²) < 4.78 is 0. The number of hydrogen-bond acceptors (Lipinski definition) is 5. The first-order valence-corrected chi connectivity index (χ1v) is 7.26. The zero-order valence-corrected chi connectivity index (χ0v) is 12.4. The number of thiophene rings is 1. The zero-order chi connectivity index (χ0) is 15.4. The molecule has 6 nitrogen and oxygen atoms in total. The lowest BCUT2D eigenvalue weighted by Crippen LogP contribution is -2.18. The summed E-state index contributed by atoms with van der Waals surface area (Å²) in [6.07, 6.45) is 0. The van der Waals surface area contributed by atoms with Crippen LogP contribution in [0.2, 0.25) is 0 Å². The Kier molecular flexibility index (Phi) is 4.54. The van der Waals surface area contributed by atoms with Gasteiger partial charge in [0.25, 0.3) is 11.6 Å². The van der Waals surface area contributed by atoms with Gasteiger partial charge in [-0.15, -0.1) is 0 Å². The lowest BCUT2D eigenvalue weighted by Gasteiger charge is -2.15. The van der Waals surface area contributed by atoms with Gasteiger partial charge in [0.15, 0.2) is 0 Å². The Morgan fingerprint density at radius 3 is 2.71 bits per heavy atom. The van der Waals surface area contributed by atoms with E-state index in [2.05, 4.69) is 10.6 Å². The predicted molar refractivity (Wildman–Crippen MR) is 82.8 cm³/mol. The Balaban J connectivity index is 2.34. The molecular formula is C14H15N3O3S. The van der Waals surface area contributed by atoms with Crippen molar-refractivity contribution in [1.29, 1.82) is 0 Å². The smallest absolute Gasteiger partial charge is 0.292 e. The number of carbonyl (C=O) groups is 1. The maximum atomic E-state index is 11.7. The number of amides is 1. The Labute approximate surface area is 126 Å². The third kappa shape index (κ3) is 3.38. The van der Waals surface area contributed by atoms with E-state index in [4.69, 9.17) is 0 Å². The molecule has 110 valence electrons. The Hall–Kier alpha value is -2.41. The molecule has 1 heterocycles. The monoisotopic (exact) mass is 305 g/mol. The van der Waals surface area contributed by atoms with Gasteiger partial charge in [0.1, 0.15) is 5.69 Å². The second-order valence-electron chi connectivity index (χ2n) is 4.49. The van der Waals surface area contributed by atoms with Gasteiger partial charge in [0, 0.05) is 24.7 Å². The van der Waals surface area contributed by atoms with Gasteiger partial charge in [-0.25, -0.2) is 0 Å². The Morgan fingerprint density at radius 2 is 2.14 bits per heavy atom. The van der Waals surface area contributed by atoms with Crippen molar-refractivity contribution < 1.29 is 9.72 Å². The number of hydrogen-bond donors (Lipinski definition) is 2. The first-order valence-electron chi connectivity index (χ1n) is 6.32. The molecule has 0 saturated carbocycles. The molecule has 2 rings (SSSR count). The molecule has 1 aromatic heterocycles. The van der Waals surface area contributed by atoms with Gasteiger partial charge >= 0.3 is 0 Å². The summed E-state index contributed by atoms with van der Waals surface area (Å²) in [7, 11) is 1.52. The summed E-state index contributed by atoms with van der Waals surface area (Å²) in [6, 6.07) is 6.15. The molecule has 0 bridgehead atoms. The van der Waals surface area contributed by atoms with Gasteiger partial charge in [0.2, 0.25) is 0 Å². The molecule has 1 amide bonds. The number of anilines is 1. The number of nitrogens with one attached hydrogen (secondary N) is 2. The number of carbonyl (C=O) groups excluding carboxylic acids is 1. The molecule has 21 heavy (non-hydrogen) atoms. The third-order valence-electron chi connectivity index (χ3n) is 3.10. The van der Waals surface area contributed by atoms with Gasteiger partial charge < -0.3 is 10.6 Å². The van der Waals surface area contributed by atoms with Crippen LogP contribution in [-0.4, -0.2) is 17.9 Å². The fraction of sp³-hybridized carbons (Fsp3) is 0.214. The normalized spacial score (nSPS) is 11.7. The van der Waals surface area contributed by atoms with E-state index >= 15 is 0 Å². The molecule has 1 atom stereocenters. The van der Waals surface area contributed by atoms with Gasteiger partial charge in [-0.2, -0.15) is 11.3 Å². The maximum absolute atomic E-state index is 11.7. The van der Waals surface area contributed by atoms with E-state index in [9.17, 15) is 14.9 Å². The molecule has 1 unspecified atom stereocenters. The predicted octanol–water partition coefficient (Wildman–Crippen LogP) is 3.19. The van der Waals surface area contributed by atoms with Crippen LogP contribution in [-0.2, 0) is 0 Å². The molecule has 0 aliphatic rings. The Morgan fingerprint density at radius 1 is 1.38 bits per heavy atom. The minimum atomic E-state index is -0.462. The standard InChI is InChI=1S/C14H15N3O3S/c1-9(11-5-6-21-8-11)16-12-7-10(14(18)15-2)3-4-13(12)17(19)20/h3-9,16H,1-2H3,(H,15,18). The highest BCUT2D eigenvalue weighted by Gasteiger charge is 2.18. The quantitative estimate of drug-likeness (QED) is 0.656. The number of nitrogens with zero attached hydrogens (tertiary/aromatic N) is 1. The summed E-state index contributed by atoms with van der Waals surface area (Å²) in [5, 5.41) is 20.6. The van der Waals surface area contributed by atoms with Crippen LogP contribution in [0.25, 0.3) is 0 Å².